The predicted molar refractivity (Wildman–Crippen MR) is 133 cm³/mol. The third-order valence-corrected chi connectivity index (χ3v) is 6.35. The SMILES string of the molecule is COc1ccc(C(C(=O)NC2CCCCC2)N(C(=O)c2ccccn2)c2ccc(Cl)cc2)cc1. The first-order valence-electron chi connectivity index (χ1n) is 11.5. The van der Waals surface area contributed by atoms with Crippen LogP contribution in [0.15, 0.2) is 72.9 Å². The van der Waals surface area contributed by atoms with Crippen LogP contribution in [0.4, 0.5) is 5.69 Å². The van der Waals surface area contributed by atoms with Crippen LogP contribution < -0.4 is 15.0 Å². The van der Waals surface area contributed by atoms with Crippen molar-refractivity contribution in [3.63, 3.8) is 0 Å². The molecule has 1 unspecified atom stereocenters. The van der Waals surface area contributed by atoms with Crippen LogP contribution in [-0.2, 0) is 4.79 Å². The van der Waals surface area contributed by atoms with E-state index >= 15 is 0 Å². The highest BCUT2D eigenvalue weighted by atomic mass is 35.5. The number of amides is 2. The Labute approximate surface area is 204 Å². The van der Waals surface area contributed by atoms with E-state index in [0.29, 0.717) is 22.0 Å². The largest absolute Gasteiger partial charge is 0.497 e. The van der Waals surface area contributed by atoms with Crippen molar-refractivity contribution in [2.45, 2.75) is 44.2 Å². The molecule has 6 nitrogen and oxygen atoms in total. The number of carbonyl (C=O) groups excluding carboxylic acids is 2. The van der Waals surface area contributed by atoms with Gasteiger partial charge in [0, 0.05) is 22.9 Å². The smallest absolute Gasteiger partial charge is 0.277 e. The minimum absolute atomic E-state index is 0.0963. The Morgan fingerprint density at radius 3 is 2.32 bits per heavy atom. The van der Waals surface area contributed by atoms with E-state index in [-0.39, 0.29) is 23.6 Å². The number of carbonyl (C=O) groups is 2. The zero-order valence-corrected chi connectivity index (χ0v) is 19.9. The normalized spacial score (nSPS) is 14.8. The van der Waals surface area contributed by atoms with Crippen LogP contribution in [0.25, 0.3) is 0 Å². The molecule has 34 heavy (non-hydrogen) atoms. The van der Waals surface area contributed by atoms with Crippen LogP contribution in [0, 0.1) is 0 Å². The molecule has 1 aliphatic rings. The van der Waals surface area contributed by atoms with E-state index in [9.17, 15) is 9.59 Å². The van der Waals surface area contributed by atoms with Crippen LogP contribution >= 0.6 is 11.6 Å². The van der Waals surface area contributed by atoms with Gasteiger partial charge >= 0.3 is 0 Å². The maximum Gasteiger partial charge on any atom is 0.277 e. The predicted octanol–water partition coefficient (Wildman–Crippen LogP) is 5.58. The van der Waals surface area contributed by atoms with Crippen LogP contribution in [0.3, 0.4) is 0 Å². The van der Waals surface area contributed by atoms with E-state index in [1.54, 1.807) is 67.9 Å². The number of nitrogens with one attached hydrogen (secondary N) is 1. The van der Waals surface area contributed by atoms with Gasteiger partial charge in [0.15, 0.2) is 0 Å². The summed E-state index contributed by atoms with van der Waals surface area (Å²) in [6, 6.07) is 18.5. The summed E-state index contributed by atoms with van der Waals surface area (Å²) < 4.78 is 5.30. The Hall–Kier alpha value is -3.38. The lowest BCUT2D eigenvalue weighted by Gasteiger charge is -2.33. The topological polar surface area (TPSA) is 71.5 Å². The molecule has 0 bridgehead atoms. The van der Waals surface area contributed by atoms with Crippen LogP contribution in [0.2, 0.25) is 5.02 Å². The van der Waals surface area contributed by atoms with Crippen molar-refractivity contribution < 1.29 is 14.3 Å². The third kappa shape index (κ3) is 5.57. The van der Waals surface area contributed by atoms with Gasteiger partial charge in [-0.3, -0.25) is 19.5 Å². The number of methoxy groups -OCH3 is 1. The molecule has 0 radical (unpaired) electrons. The van der Waals surface area contributed by atoms with Gasteiger partial charge in [0.05, 0.1) is 7.11 Å². The van der Waals surface area contributed by atoms with Gasteiger partial charge < -0.3 is 10.1 Å². The second-order valence-corrected chi connectivity index (χ2v) is 8.82. The molecule has 3 aromatic rings. The highest BCUT2D eigenvalue weighted by molar-refractivity contribution is 6.30. The van der Waals surface area contributed by atoms with Crippen molar-refractivity contribution in [1.82, 2.24) is 10.3 Å². The van der Waals surface area contributed by atoms with E-state index < -0.39 is 6.04 Å². The molecule has 0 spiro atoms. The Balaban J connectivity index is 1.79. The third-order valence-electron chi connectivity index (χ3n) is 6.10. The van der Waals surface area contributed by atoms with Gasteiger partial charge in [-0.2, -0.15) is 0 Å². The number of hydrogen-bond acceptors (Lipinski definition) is 4. The Bertz CT molecular complexity index is 1100. The highest BCUT2D eigenvalue weighted by Crippen LogP contribution is 2.32. The monoisotopic (exact) mass is 477 g/mol. The van der Waals surface area contributed by atoms with Crippen molar-refractivity contribution in [1.29, 1.82) is 0 Å². The molecule has 1 saturated carbocycles. The molecular weight excluding hydrogens is 450 g/mol. The summed E-state index contributed by atoms with van der Waals surface area (Å²) in [7, 11) is 1.59. The Kier molecular flexibility index (Phi) is 7.80. The molecule has 2 amide bonds. The maximum atomic E-state index is 13.8. The highest BCUT2D eigenvalue weighted by Gasteiger charge is 2.35. The van der Waals surface area contributed by atoms with Gasteiger partial charge in [-0.1, -0.05) is 49.1 Å². The van der Waals surface area contributed by atoms with Crippen molar-refractivity contribution >= 4 is 29.1 Å². The standard InChI is InChI=1S/C27H28ClN3O3/c1-34-23-16-10-19(11-17-23)25(26(32)30-21-7-3-2-4-8-21)31(22-14-12-20(28)13-15-22)27(33)24-9-5-6-18-29-24/h5-6,9-18,21,25H,2-4,7-8H2,1H3,(H,30,32). The van der Waals surface area contributed by atoms with Crippen molar-refractivity contribution in [2.24, 2.45) is 0 Å². The summed E-state index contributed by atoms with van der Waals surface area (Å²) in [5.41, 5.74) is 1.48. The number of anilines is 1. The number of halogens is 1. The molecule has 1 aromatic heterocycles. The summed E-state index contributed by atoms with van der Waals surface area (Å²) in [6.07, 6.45) is 6.81. The van der Waals surface area contributed by atoms with Gasteiger partial charge in [0.25, 0.3) is 5.91 Å². The van der Waals surface area contributed by atoms with Crippen LogP contribution in [-0.4, -0.2) is 29.9 Å². The van der Waals surface area contributed by atoms with Gasteiger partial charge in [-0.25, -0.2) is 0 Å². The second-order valence-electron chi connectivity index (χ2n) is 8.39. The number of nitrogens with zero attached hydrogens (tertiary/aromatic N) is 2. The van der Waals surface area contributed by atoms with Crippen LogP contribution in [0.5, 0.6) is 5.75 Å². The minimum atomic E-state index is -0.900. The summed E-state index contributed by atoms with van der Waals surface area (Å²) in [5.74, 6) is 0.0723. The maximum absolute atomic E-state index is 13.8. The van der Waals surface area contributed by atoms with Gasteiger partial charge in [-0.05, 0) is 66.9 Å². The zero-order valence-electron chi connectivity index (χ0n) is 19.1. The summed E-state index contributed by atoms with van der Waals surface area (Å²) in [4.78, 5) is 33.3. The summed E-state index contributed by atoms with van der Waals surface area (Å²) >= 11 is 6.13. The van der Waals surface area contributed by atoms with E-state index in [1.807, 2.05) is 12.1 Å². The van der Waals surface area contributed by atoms with Gasteiger partial charge in [0.2, 0.25) is 5.91 Å². The van der Waals surface area contributed by atoms with E-state index in [2.05, 4.69) is 10.3 Å². The number of rotatable bonds is 7. The second kappa shape index (κ2) is 11.2. The summed E-state index contributed by atoms with van der Waals surface area (Å²) in [6.45, 7) is 0. The fourth-order valence-electron chi connectivity index (χ4n) is 4.33. The Morgan fingerprint density at radius 2 is 1.71 bits per heavy atom. The zero-order chi connectivity index (χ0) is 23.9. The lowest BCUT2D eigenvalue weighted by atomic mass is 9.94. The molecule has 1 N–H and O–H groups in total. The quantitative estimate of drug-likeness (QED) is 0.482. The van der Waals surface area contributed by atoms with Crippen molar-refractivity contribution in [3.8, 4) is 5.75 Å². The first-order valence-corrected chi connectivity index (χ1v) is 11.9. The first kappa shape index (κ1) is 23.8. The molecule has 1 heterocycles. The molecule has 0 aliphatic heterocycles. The molecule has 2 aromatic carbocycles. The van der Waals surface area contributed by atoms with E-state index in [4.69, 9.17) is 16.3 Å². The lowest BCUT2D eigenvalue weighted by molar-refractivity contribution is -0.123. The van der Waals surface area contributed by atoms with E-state index in [1.165, 1.54) is 11.3 Å². The molecule has 176 valence electrons. The fraction of sp³-hybridized carbons (Fsp3) is 0.296. The molecular formula is C27H28ClN3O3. The Morgan fingerprint density at radius 1 is 1.00 bits per heavy atom. The number of hydrogen-bond donors (Lipinski definition) is 1. The molecule has 4 rings (SSSR count). The molecule has 1 atom stereocenters. The average molecular weight is 478 g/mol. The fourth-order valence-corrected chi connectivity index (χ4v) is 4.45. The van der Waals surface area contributed by atoms with Crippen LogP contribution in [0.1, 0.15) is 54.2 Å². The molecule has 1 fully saturated rings. The molecule has 0 saturated heterocycles. The minimum Gasteiger partial charge on any atom is -0.497 e. The van der Waals surface area contributed by atoms with Crippen molar-refractivity contribution in [2.75, 3.05) is 12.0 Å². The summed E-state index contributed by atoms with van der Waals surface area (Å²) in [5, 5.41) is 3.75. The number of aromatic nitrogens is 1. The number of ether oxygens (including phenoxy) is 1. The molecule has 7 heteroatoms. The average Bonchev–Trinajstić information content (AvgIpc) is 2.89. The molecule has 1 aliphatic carbocycles. The number of benzene rings is 2. The van der Waals surface area contributed by atoms with E-state index in [0.717, 1.165) is 25.7 Å². The first-order chi connectivity index (χ1) is 16.6. The number of pyridine rings is 1. The van der Waals surface area contributed by atoms with Crippen molar-refractivity contribution in [3.05, 3.63) is 89.2 Å². The van der Waals surface area contributed by atoms with Gasteiger partial charge in [-0.15, -0.1) is 0 Å². The van der Waals surface area contributed by atoms with Gasteiger partial charge in [0.1, 0.15) is 17.5 Å². The lowest BCUT2D eigenvalue weighted by Crippen LogP contribution is -2.47.